The second kappa shape index (κ2) is 6.10. The van der Waals surface area contributed by atoms with E-state index in [9.17, 15) is 13.2 Å². The molecule has 0 aliphatic rings. The summed E-state index contributed by atoms with van der Waals surface area (Å²) in [6.45, 7) is 2.10. The highest BCUT2D eigenvalue weighted by Crippen LogP contribution is 2.22. The van der Waals surface area contributed by atoms with Crippen molar-refractivity contribution in [1.29, 1.82) is 0 Å². The van der Waals surface area contributed by atoms with Gasteiger partial charge >= 0.3 is 5.97 Å². The van der Waals surface area contributed by atoms with E-state index in [0.29, 0.717) is 12.2 Å². The van der Waals surface area contributed by atoms with Crippen molar-refractivity contribution < 1.29 is 17.9 Å². The molecule has 0 radical (unpaired) electrons. The van der Waals surface area contributed by atoms with Crippen molar-refractivity contribution in [2.75, 3.05) is 12.9 Å². The molecule has 0 saturated carbocycles. The third-order valence-corrected chi connectivity index (χ3v) is 4.14. The molecule has 2 aromatic carbocycles. The third-order valence-electron chi connectivity index (χ3n) is 3.01. The van der Waals surface area contributed by atoms with Crippen molar-refractivity contribution in [2.24, 2.45) is 0 Å². The van der Waals surface area contributed by atoms with E-state index in [-0.39, 0.29) is 10.9 Å². The molecule has 0 fully saturated rings. The largest absolute Gasteiger partial charge is 0.462 e. The summed E-state index contributed by atoms with van der Waals surface area (Å²) in [7, 11) is -3.19. The lowest BCUT2D eigenvalue weighted by Gasteiger charge is -2.05. The Morgan fingerprint density at radius 3 is 1.86 bits per heavy atom. The molecule has 0 unspecified atom stereocenters. The van der Waals surface area contributed by atoms with Crippen LogP contribution in [0, 0.1) is 0 Å². The van der Waals surface area contributed by atoms with E-state index < -0.39 is 9.84 Å². The molecular weight excluding hydrogens is 288 g/mol. The number of rotatable bonds is 4. The number of sulfone groups is 1. The highest BCUT2D eigenvalue weighted by molar-refractivity contribution is 7.90. The van der Waals surface area contributed by atoms with Crippen LogP contribution in [-0.2, 0) is 14.6 Å². The molecule has 0 heterocycles. The van der Waals surface area contributed by atoms with Crippen molar-refractivity contribution >= 4 is 15.8 Å². The zero-order valence-electron chi connectivity index (χ0n) is 11.9. The first kappa shape index (κ1) is 15.3. The fourth-order valence-corrected chi connectivity index (χ4v) is 2.54. The van der Waals surface area contributed by atoms with Crippen molar-refractivity contribution in [3.05, 3.63) is 54.1 Å². The van der Waals surface area contributed by atoms with Crippen molar-refractivity contribution in [1.82, 2.24) is 0 Å². The summed E-state index contributed by atoms with van der Waals surface area (Å²) in [6.07, 6.45) is 1.18. The Kier molecular flexibility index (Phi) is 4.43. The van der Waals surface area contributed by atoms with Gasteiger partial charge < -0.3 is 4.74 Å². The van der Waals surface area contributed by atoms with Gasteiger partial charge in [-0.2, -0.15) is 0 Å². The van der Waals surface area contributed by atoms with Crippen LogP contribution < -0.4 is 0 Å². The second-order valence-electron chi connectivity index (χ2n) is 4.59. The molecule has 2 rings (SSSR count). The van der Waals surface area contributed by atoms with Gasteiger partial charge in [-0.1, -0.05) is 24.3 Å². The first-order valence-corrected chi connectivity index (χ1v) is 8.38. The molecule has 0 saturated heterocycles. The summed E-state index contributed by atoms with van der Waals surface area (Å²) in [5.41, 5.74) is 2.29. The van der Waals surface area contributed by atoms with E-state index in [4.69, 9.17) is 4.74 Å². The number of carbonyl (C=O) groups is 1. The van der Waals surface area contributed by atoms with Crippen LogP contribution in [-0.4, -0.2) is 27.2 Å². The molecule has 0 aliphatic carbocycles. The lowest BCUT2D eigenvalue weighted by molar-refractivity contribution is 0.0526. The van der Waals surface area contributed by atoms with Crippen LogP contribution in [0.25, 0.3) is 11.1 Å². The Morgan fingerprint density at radius 1 is 0.952 bits per heavy atom. The predicted molar refractivity (Wildman–Crippen MR) is 80.9 cm³/mol. The summed E-state index contributed by atoms with van der Waals surface area (Å²) in [5.74, 6) is -0.350. The van der Waals surface area contributed by atoms with Gasteiger partial charge in [0.05, 0.1) is 17.1 Å². The zero-order chi connectivity index (χ0) is 15.5. The Balaban J connectivity index is 2.25. The Bertz CT molecular complexity index is 729. The van der Waals surface area contributed by atoms with Gasteiger partial charge in [-0.25, -0.2) is 13.2 Å². The Labute approximate surface area is 124 Å². The van der Waals surface area contributed by atoms with E-state index in [1.807, 2.05) is 12.1 Å². The maximum atomic E-state index is 11.6. The fraction of sp³-hybridized carbons (Fsp3) is 0.188. The fourth-order valence-electron chi connectivity index (χ4n) is 1.91. The maximum absolute atomic E-state index is 11.6. The van der Waals surface area contributed by atoms with Gasteiger partial charge in [0, 0.05) is 6.26 Å². The average molecular weight is 304 g/mol. The molecule has 0 spiro atoms. The SMILES string of the molecule is CCOC(=O)c1ccc(-c2ccc(S(C)(=O)=O)cc2)cc1. The summed E-state index contributed by atoms with van der Waals surface area (Å²) in [6, 6.07) is 13.6. The number of hydrogen-bond acceptors (Lipinski definition) is 4. The molecule has 0 bridgehead atoms. The summed E-state index contributed by atoms with van der Waals surface area (Å²) >= 11 is 0. The standard InChI is InChI=1S/C16H16O4S/c1-3-20-16(17)14-6-4-12(5-7-14)13-8-10-15(11-9-13)21(2,18)19/h4-11H,3H2,1-2H3. The highest BCUT2D eigenvalue weighted by Gasteiger charge is 2.08. The zero-order valence-corrected chi connectivity index (χ0v) is 12.7. The van der Waals surface area contributed by atoms with Gasteiger partial charge in [0.2, 0.25) is 0 Å². The van der Waals surface area contributed by atoms with Crippen LogP contribution in [0.5, 0.6) is 0 Å². The maximum Gasteiger partial charge on any atom is 0.338 e. The minimum Gasteiger partial charge on any atom is -0.462 e. The Morgan fingerprint density at radius 2 is 1.43 bits per heavy atom. The number of benzene rings is 2. The number of esters is 1. The molecule has 110 valence electrons. The van der Waals surface area contributed by atoms with Gasteiger partial charge in [0.1, 0.15) is 0 Å². The number of hydrogen-bond donors (Lipinski definition) is 0. The van der Waals surface area contributed by atoms with E-state index in [1.165, 1.54) is 6.26 Å². The van der Waals surface area contributed by atoms with Crippen molar-refractivity contribution in [3.8, 4) is 11.1 Å². The van der Waals surface area contributed by atoms with Crippen LogP contribution in [0.2, 0.25) is 0 Å². The number of ether oxygens (including phenoxy) is 1. The Hall–Kier alpha value is -2.14. The molecule has 0 aliphatic heterocycles. The molecule has 21 heavy (non-hydrogen) atoms. The van der Waals surface area contributed by atoms with Crippen LogP contribution in [0.1, 0.15) is 17.3 Å². The van der Waals surface area contributed by atoms with E-state index >= 15 is 0 Å². The second-order valence-corrected chi connectivity index (χ2v) is 6.61. The van der Waals surface area contributed by atoms with E-state index in [0.717, 1.165) is 11.1 Å². The van der Waals surface area contributed by atoms with Gasteiger partial charge in [-0.15, -0.1) is 0 Å². The van der Waals surface area contributed by atoms with E-state index in [2.05, 4.69) is 0 Å². The van der Waals surface area contributed by atoms with Crippen LogP contribution >= 0.6 is 0 Å². The van der Waals surface area contributed by atoms with Crippen molar-refractivity contribution in [3.63, 3.8) is 0 Å². The van der Waals surface area contributed by atoms with E-state index in [1.54, 1.807) is 43.3 Å². The smallest absolute Gasteiger partial charge is 0.338 e. The molecule has 4 nitrogen and oxygen atoms in total. The topological polar surface area (TPSA) is 60.4 Å². The summed E-state index contributed by atoms with van der Waals surface area (Å²) < 4.78 is 27.7. The molecule has 0 amide bonds. The minimum absolute atomic E-state index is 0.286. The molecule has 0 atom stereocenters. The van der Waals surface area contributed by atoms with Crippen LogP contribution in [0.3, 0.4) is 0 Å². The predicted octanol–water partition coefficient (Wildman–Crippen LogP) is 2.93. The summed E-state index contributed by atoms with van der Waals surface area (Å²) in [4.78, 5) is 11.8. The summed E-state index contributed by atoms with van der Waals surface area (Å²) in [5, 5.41) is 0. The van der Waals surface area contributed by atoms with Gasteiger partial charge in [0.15, 0.2) is 9.84 Å². The molecule has 2 aromatic rings. The molecule has 0 N–H and O–H groups in total. The lowest BCUT2D eigenvalue weighted by Crippen LogP contribution is -2.04. The molecule has 5 heteroatoms. The lowest BCUT2D eigenvalue weighted by atomic mass is 10.0. The molecule has 0 aromatic heterocycles. The van der Waals surface area contributed by atoms with Gasteiger partial charge in [0.25, 0.3) is 0 Å². The average Bonchev–Trinajstić information content (AvgIpc) is 2.47. The monoisotopic (exact) mass is 304 g/mol. The van der Waals surface area contributed by atoms with Crippen LogP contribution in [0.15, 0.2) is 53.4 Å². The highest BCUT2D eigenvalue weighted by atomic mass is 32.2. The quantitative estimate of drug-likeness (QED) is 0.815. The van der Waals surface area contributed by atoms with Gasteiger partial charge in [-0.3, -0.25) is 0 Å². The first-order valence-electron chi connectivity index (χ1n) is 6.49. The van der Waals surface area contributed by atoms with Gasteiger partial charge in [-0.05, 0) is 42.3 Å². The normalized spacial score (nSPS) is 11.1. The number of carbonyl (C=O) groups excluding carboxylic acids is 1. The first-order chi connectivity index (χ1) is 9.91. The van der Waals surface area contributed by atoms with Crippen LogP contribution in [0.4, 0.5) is 0 Å². The third kappa shape index (κ3) is 3.70. The molecular formula is C16H16O4S. The minimum atomic E-state index is -3.19. The van der Waals surface area contributed by atoms with Crippen molar-refractivity contribution in [2.45, 2.75) is 11.8 Å².